The lowest BCUT2D eigenvalue weighted by Crippen LogP contribution is -2.45. The average molecular weight is 353 g/mol. The zero-order valence-electron chi connectivity index (χ0n) is 13.4. The Balaban J connectivity index is 1.60. The first-order valence-electron chi connectivity index (χ1n) is 7.81. The summed E-state index contributed by atoms with van der Waals surface area (Å²) in [7, 11) is 1.62. The predicted octanol–water partition coefficient (Wildman–Crippen LogP) is 0.996. The topological polar surface area (TPSA) is 81.4 Å². The Hall–Kier alpha value is -1.51. The standard InChI is InChI=1S/C16H21ClN4O3/c1-23-9-13-7-21(20-19-13)8-15-16(14(22)10-24-15)18-6-11-3-2-4-12(17)5-11/h2-5,7,14-16,18,22H,6,8-10H2,1H3/t14-,15+,16+/m0/s1. The summed E-state index contributed by atoms with van der Waals surface area (Å²) in [6.07, 6.45) is 1.08. The van der Waals surface area contributed by atoms with E-state index in [4.69, 9.17) is 21.1 Å². The lowest BCUT2D eigenvalue weighted by molar-refractivity contribution is 0.0741. The molecule has 0 unspecified atom stereocenters. The Kier molecular flexibility index (Phi) is 5.80. The molecule has 8 heteroatoms. The first kappa shape index (κ1) is 17.3. The van der Waals surface area contributed by atoms with Crippen LogP contribution in [0.5, 0.6) is 0 Å². The van der Waals surface area contributed by atoms with Gasteiger partial charge in [-0.1, -0.05) is 28.9 Å². The SMILES string of the molecule is COCc1cn(C[C@H]2OC[C@H](O)[C@H]2NCc2cccc(Cl)c2)nn1. The number of hydrogen-bond donors (Lipinski definition) is 2. The van der Waals surface area contributed by atoms with E-state index in [-0.39, 0.29) is 12.1 Å². The first-order chi connectivity index (χ1) is 11.7. The van der Waals surface area contributed by atoms with Gasteiger partial charge >= 0.3 is 0 Å². The van der Waals surface area contributed by atoms with E-state index in [2.05, 4.69) is 15.6 Å². The molecule has 0 spiro atoms. The largest absolute Gasteiger partial charge is 0.389 e. The lowest BCUT2D eigenvalue weighted by Gasteiger charge is -2.21. The highest BCUT2D eigenvalue weighted by molar-refractivity contribution is 6.30. The zero-order valence-corrected chi connectivity index (χ0v) is 14.2. The van der Waals surface area contributed by atoms with Crippen molar-refractivity contribution in [2.75, 3.05) is 13.7 Å². The minimum absolute atomic E-state index is 0.181. The third-order valence-electron chi connectivity index (χ3n) is 3.97. The molecule has 1 fully saturated rings. The van der Waals surface area contributed by atoms with Crippen LogP contribution in [-0.2, 0) is 29.2 Å². The number of methoxy groups -OCH3 is 1. The molecule has 2 N–H and O–H groups in total. The molecule has 0 bridgehead atoms. The predicted molar refractivity (Wildman–Crippen MR) is 88.6 cm³/mol. The van der Waals surface area contributed by atoms with Crippen LogP contribution in [0.25, 0.3) is 0 Å². The molecule has 0 radical (unpaired) electrons. The number of ether oxygens (including phenoxy) is 2. The second-order valence-corrected chi connectivity index (χ2v) is 6.28. The van der Waals surface area contributed by atoms with Crippen molar-refractivity contribution in [1.29, 1.82) is 0 Å². The van der Waals surface area contributed by atoms with Crippen molar-refractivity contribution in [1.82, 2.24) is 20.3 Å². The summed E-state index contributed by atoms with van der Waals surface area (Å²) in [6.45, 7) is 1.84. The van der Waals surface area contributed by atoms with Gasteiger partial charge in [-0.25, -0.2) is 4.68 Å². The Labute approximate surface area is 145 Å². The molecule has 0 amide bonds. The first-order valence-corrected chi connectivity index (χ1v) is 8.19. The van der Waals surface area contributed by atoms with E-state index in [1.165, 1.54) is 0 Å². The molecule has 2 heterocycles. The minimum atomic E-state index is -0.559. The van der Waals surface area contributed by atoms with Gasteiger partial charge in [-0.15, -0.1) is 5.10 Å². The molecule has 3 atom stereocenters. The third kappa shape index (κ3) is 4.31. The van der Waals surface area contributed by atoms with Gasteiger partial charge in [0.15, 0.2) is 0 Å². The van der Waals surface area contributed by atoms with Crippen LogP contribution in [0.15, 0.2) is 30.5 Å². The number of halogens is 1. The van der Waals surface area contributed by atoms with E-state index < -0.39 is 6.10 Å². The van der Waals surface area contributed by atoms with Gasteiger partial charge in [-0.05, 0) is 17.7 Å². The summed E-state index contributed by atoms with van der Waals surface area (Å²) in [5, 5.41) is 22.3. The van der Waals surface area contributed by atoms with E-state index in [0.29, 0.717) is 31.3 Å². The van der Waals surface area contributed by atoms with Gasteiger partial charge in [0.2, 0.25) is 0 Å². The molecule has 1 aromatic heterocycles. The van der Waals surface area contributed by atoms with Crippen molar-refractivity contribution in [3.05, 3.63) is 46.7 Å². The number of aliphatic hydroxyl groups excluding tert-OH is 1. The molecule has 1 saturated heterocycles. The van der Waals surface area contributed by atoms with Crippen molar-refractivity contribution in [3.63, 3.8) is 0 Å². The second-order valence-electron chi connectivity index (χ2n) is 5.84. The zero-order chi connectivity index (χ0) is 16.9. The number of aromatic nitrogens is 3. The molecule has 7 nitrogen and oxygen atoms in total. The number of aliphatic hydroxyl groups is 1. The molecule has 1 aliphatic rings. The maximum atomic E-state index is 10.2. The smallest absolute Gasteiger partial charge is 0.108 e. The molecule has 0 saturated carbocycles. The van der Waals surface area contributed by atoms with Gasteiger partial charge in [-0.3, -0.25) is 0 Å². The van der Waals surface area contributed by atoms with Crippen LogP contribution < -0.4 is 5.32 Å². The Morgan fingerprint density at radius 2 is 2.38 bits per heavy atom. The van der Waals surface area contributed by atoms with Gasteiger partial charge in [0, 0.05) is 18.7 Å². The van der Waals surface area contributed by atoms with Crippen LogP contribution in [0.1, 0.15) is 11.3 Å². The van der Waals surface area contributed by atoms with E-state index in [1.54, 1.807) is 11.8 Å². The molecular weight excluding hydrogens is 332 g/mol. The fraction of sp³-hybridized carbons (Fsp3) is 0.500. The number of rotatable bonds is 7. The third-order valence-corrected chi connectivity index (χ3v) is 4.21. The summed E-state index contributed by atoms with van der Waals surface area (Å²) >= 11 is 6.00. The Bertz CT molecular complexity index is 666. The van der Waals surface area contributed by atoms with Crippen LogP contribution in [0.4, 0.5) is 0 Å². The summed E-state index contributed by atoms with van der Waals surface area (Å²) < 4.78 is 12.5. The Morgan fingerprint density at radius 1 is 1.50 bits per heavy atom. The van der Waals surface area contributed by atoms with E-state index in [9.17, 15) is 5.11 Å². The van der Waals surface area contributed by atoms with Crippen molar-refractivity contribution < 1.29 is 14.6 Å². The van der Waals surface area contributed by atoms with E-state index >= 15 is 0 Å². The van der Waals surface area contributed by atoms with Gasteiger partial charge in [0.25, 0.3) is 0 Å². The van der Waals surface area contributed by atoms with Crippen molar-refractivity contribution in [3.8, 4) is 0 Å². The highest BCUT2D eigenvalue weighted by Gasteiger charge is 2.36. The van der Waals surface area contributed by atoms with Gasteiger partial charge in [0.1, 0.15) is 5.69 Å². The van der Waals surface area contributed by atoms with E-state index in [1.807, 2.05) is 30.5 Å². The number of benzene rings is 1. The maximum absolute atomic E-state index is 10.2. The summed E-state index contributed by atoms with van der Waals surface area (Å²) in [5.74, 6) is 0. The van der Waals surface area contributed by atoms with Crippen LogP contribution in [-0.4, -0.2) is 52.1 Å². The normalized spacial score (nSPS) is 23.7. The highest BCUT2D eigenvalue weighted by atomic mass is 35.5. The molecule has 130 valence electrons. The fourth-order valence-corrected chi connectivity index (χ4v) is 3.03. The molecule has 24 heavy (non-hydrogen) atoms. The van der Waals surface area contributed by atoms with Gasteiger partial charge in [0.05, 0.1) is 44.2 Å². The van der Waals surface area contributed by atoms with Crippen LogP contribution in [0.2, 0.25) is 5.02 Å². The van der Waals surface area contributed by atoms with Crippen LogP contribution >= 0.6 is 11.6 Å². The van der Waals surface area contributed by atoms with Crippen molar-refractivity contribution >= 4 is 11.6 Å². The second kappa shape index (κ2) is 8.04. The molecular formula is C16H21ClN4O3. The van der Waals surface area contributed by atoms with Crippen LogP contribution in [0.3, 0.4) is 0 Å². The molecule has 0 aliphatic carbocycles. The summed E-state index contributed by atoms with van der Waals surface area (Å²) in [4.78, 5) is 0. The molecule has 3 rings (SSSR count). The average Bonchev–Trinajstić information content (AvgIpc) is 3.14. The number of nitrogens with one attached hydrogen (secondary N) is 1. The van der Waals surface area contributed by atoms with Gasteiger partial charge in [-0.2, -0.15) is 0 Å². The van der Waals surface area contributed by atoms with Gasteiger partial charge < -0.3 is 19.9 Å². The summed E-state index contributed by atoms with van der Waals surface area (Å²) in [5.41, 5.74) is 1.82. The Morgan fingerprint density at radius 3 is 3.17 bits per heavy atom. The quantitative estimate of drug-likeness (QED) is 0.773. The lowest BCUT2D eigenvalue weighted by atomic mass is 10.1. The number of nitrogens with zero attached hydrogens (tertiary/aromatic N) is 3. The molecule has 2 aromatic rings. The van der Waals surface area contributed by atoms with Crippen LogP contribution in [0, 0.1) is 0 Å². The molecule has 1 aromatic carbocycles. The van der Waals surface area contributed by atoms with E-state index in [0.717, 1.165) is 11.3 Å². The monoisotopic (exact) mass is 352 g/mol. The molecule has 1 aliphatic heterocycles. The van der Waals surface area contributed by atoms with Crippen molar-refractivity contribution in [2.24, 2.45) is 0 Å². The van der Waals surface area contributed by atoms with Crippen molar-refractivity contribution in [2.45, 2.75) is 37.9 Å². The fourth-order valence-electron chi connectivity index (χ4n) is 2.82. The number of hydrogen-bond acceptors (Lipinski definition) is 6. The minimum Gasteiger partial charge on any atom is -0.389 e. The maximum Gasteiger partial charge on any atom is 0.108 e. The summed E-state index contributed by atoms with van der Waals surface area (Å²) in [6, 6.07) is 7.46. The highest BCUT2D eigenvalue weighted by Crippen LogP contribution is 2.18.